The number of pyridine rings is 3. The topological polar surface area (TPSA) is 74.1 Å². The molecule has 0 bridgehead atoms. The van der Waals surface area contributed by atoms with E-state index in [-0.39, 0.29) is 11.1 Å². The van der Waals surface area contributed by atoms with Gasteiger partial charge in [-0.15, -0.1) is 0 Å². The summed E-state index contributed by atoms with van der Waals surface area (Å²) in [7, 11) is 1.32. The van der Waals surface area contributed by atoms with Gasteiger partial charge >= 0.3 is 5.97 Å². The summed E-state index contributed by atoms with van der Waals surface area (Å²) < 4.78 is 6.43. The first kappa shape index (κ1) is 17.6. The van der Waals surface area contributed by atoms with Crippen molar-refractivity contribution in [2.45, 2.75) is 6.92 Å². The van der Waals surface area contributed by atoms with E-state index in [4.69, 9.17) is 4.74 Å². The monoisotopic (exact) mass is 371 g/mol. The molecule has 0 N–H and O–H groups in total. The molecule has 1 aromatic carbocycles. The number of aryl methyl sites for hydroxylation is 1. The number of hydrogen-bond donors (Lipinski definition) is 0. The van der Waals surface area contributed by atoms with Crippen LogP contribution in [0.25, 0.3) is 27.8 Å². The molecule has 0 aliphatic rings. The molecule has 4 aromatic rings. The van der Waals surface area contributed by atoms with Crippen LogP contribution in [-0.4, -0.2) is 27.6 Å². The van der Waals surface area contributed by atoms with Gasteiger partial charge in [-0.25, -0.2) is 9.78 Å². The van der Waals surface area contributed by atoms with Gasteiger partial charge in [0.05, 0.1) is 29.3 Å². The Bertz CT molecular complexity index is 1230. The normalized spacial score (nSPS) is 10.8. The summed E-state index contributed by atoms with van der Waals surface area (Å²) >= 11 is 0. The van der Waals surface area contributed by atoms with Crippen LogP contribution in [0.15, 0.2) is 71.8 Å². The van der Waals surface area contributed by atoms with Crippen molar-refractivity contribution in [3.63, 3.8) is 0 Å². The molecule has 3 aromatic heterocycles. The zero-order valence-electron chi connectivity index (χ0n) is 15.4. The van der Waals surface area contributed by atoms with Crippen LogP contribution in [0.4, 0.5) is 0 Å². The summed E-state index contributed by atoms with van der Waals surface area (Å²) in [4.78, 5) is 34.7. The van der Waals surface area contributed by atoms with Gasteiger partial charge in [0, 0.05) is 18.0 Å². The first-order chi connectivity index (χ1) is 13.6. The number of ether oxygens (including phenoxy) is 1. The van der Waals surface area contributed by atoms with E-state index in [2.05, 4.69) is 9.97 Å². The summed E-state index contributed by atoms with van der Waals surface area (Å²) in [5.74, 6) is -0.0352. The van der Waals surface area contributed by atoms with Gasteiger partial charge in [-0.2, -0.15) is 0 Å². The summed E-state index contributed by atoms with van der Waals surface area (Å²) in [6.45, 7) is 1.74. The lowest BCUT2D eigenvalue weighted by molar-refractivity contribution is 0.0600. The van der Waals surface area contributed by atoms with Crippen molar-refractivity contribution in [2.24, 2.45) is 0 Å². The van der Waals surface area contributed by atoms with Gasteiger partial charge in [-0.1, -0.05) is 36.4 Å². The lowest BCUT2D eigenvalue weighted by atomic mass is 9.95. The predicted octanol–water partition coefficient (Wildman–Crippen LogP) is 3.54. The molecule has 0 spiro atoms. The highest BCUT2D eigenvalue weighted by Crippen LogP contribution is 2.31. The van der Waals surface area contributed by atoms with Crippen molar-refractivity contribution in [1.29, 1.82) is 0 Å². The van der Waals surface area contributed by atoms with E-state index >= 15 is 0 Å². The fourth-order valence-corrected chi connectivity index (χ4v) is 3.32. The molecule has 0 radical (unpaired) electrons. The first-order valence-corrected chi connectivity index (χ1v) is 8.73. The number of aromatic nitrogens is 3. The molecule has 138 valence electrons. The number of benzene rings is 1. The molecule has 0 saturated carbocycles. The summed E-state index contributed by atoms with van der Waals surface area (Å²) in [6, 6.07) is 16.4. The van der Waals surface area contributed by atoms with Crippen molar-refractivity contribution >= 4 is 16.9 Å². The Balaban J connectivity index is 2.17. The van der Waals surface area contributed by atoms with Crippen LogP contribution in [0.5, 0.6) is 0 Å². The van der Waals surface area contributed by atoms with E-state index in [1.54, 1.807) is 37.5 Å². The Kier molecular flexibility index (Phi) is 4.45. The molecule has 0 unspecified atom stereocenters. The van der Waals surface area contributed by atoms with E-state index in [9.17, 15) is 9.59 Å². The Morgan fingerprint density at radius 3 is 2.46 bits per heavy atom. The number of fused-ring (bicyclic) bond motifs is 1. The Labute approximate surface area is 161 Å². The van der Waals surface area contributed by atoms with Gasteiger partial charge in [0.15, 0.2) is 0 Å². The van der Waals surface area contributed by atoms with Gasteiger partial charge in [0.25, 0.3) is 5.56 Å². The quantitative estimate of drug-likeness (QED) is 0.515. The van der Waals surface area contributed by atoms with Crippen molar-refractivity contribution in [1.82, 2.24) is 14.5 Å². The molecule has 3 heterocycles. The van der Waals surface area contributed by atoms with E-state index in [0.29, 0.717) is 28.0 Å². The van der Waals surface area contributed by atoms with Gasteiger partial charge in [-0.05, 0) is 30.7 Å². The van der Waals surface area contributed by atoms with Gasteiger partial charge in [-0.3, -0.25) is 14.3 Å². The van der Waals surface area contributed by atoms with Crippen LogP contribution in [0.3, 0.4) is 0 Å². The van der Waals surface area contributed by atoms with Crippen LogP contribution in [-0.2, 0) is 4.74 Å². The predicted molar refractivity (Wildman–Crippen MR) is 107 cm³/mol. The zero-order valence-corrected chi connectivity index (χ0v) is 15.4. The van der Waals surface area contributed by atoms with Gasteiger partial charge in [0.1, 0.15) is 5.82 Å². The van der Waals surface area contributed by atoms with Crippen LogP contribution in [0.2, 0.25) is 0 Å². The summed E-state index contributed by atoms with van der Waals surface area (Å²) in [6.07, 6.45) is 3.27. The highest BCUT2D eigenvalue weighted by molar-refractivity contribution is 6.07. The number of hydrogen-bond acceptors (Lipinski definition) is 5. The molecule has 6 heteroatoms. The van der Waals surface area contributed by atoms with Crippen molar-refractivity contribution in [3.05, 3.63) is 88.6 Å². The standard InChI is InChI=1S/C22H17N3O3/c1-14-18(22(27)28-2)19(15-8-4-3-5-9-15)20-16(24-14)11-13-25(21(20)26)17-10-6-7-12-23-17/h3-13H,1-2H3. The second-order valence-corrected chi connectivity index (χ2v) is 6.24. The van der Waals surface area contributed by atoms with Crippen LogP contribution >= 0.6 is 0 Å². The van der Waals surface area contributed by atoms with E-state index in [1.807, 2.05) is 36.4 Å². The highest BCUT2D eigenvalue weighted by atomic mass is 16.5. The van der Waals surface area contributed by atoms with Crippen molar-refractivity contribution in [3.8, 4) is 16.9 Å². The fourth-order valence-electron chi connectivity index (χ4n) is 3.32. The lowest BCUT2D eigenvalue weighted by Gasteiger charge is -2.15. The average Bonchev–Trinajstić information content (AvgIpc) is 2.74. The maximum Gasteiger partial charge on any atom is 0.340 e. The molecule has 0 fully saturated rings. The maximum absolute atomic E-state index is 13.4. The van der Waals surface area contributed by atoms with Crippen LogP contribution in [0, 0.1) is 6.92 Å². The fraction of sp³-hybridized carbons (Fsp3) is 0.0909. The second-order valence-electron chi connectivity index (χ2n) is 6.24. The number of carbonyl (C=O) groups is 1. The van der Waals surface area contributed by atoms with Crippen LogP contribution < -0.4 is 5.56 Å². The van der Waals surface area contributed by atoms with E-state index < -0.39 is 5.97 Å². The first-order valence-electron chi connectivity index (χ1n) is 8.73. The van der Waals surface area contributed by atoms with E-state index in [0.717, 1.165) is 5.56 Å². The number of nitrogens with zero attached hydrogens (tertiary/aromatic N) is 3. The van der Waals surface area contributed by atoms with Crippen LogP contribution in [0.1, 0.15) is 16.1 Å². The Morgan fingerprint density at radius 2 is 1.79 bits per heavy atom. The molecule has 0 saturated heterocycles. The molecule has 0 aliphatic heterocycles. The summed E-state index contributed by atoms with van der Waals surface area (Å²) in [5, 5.41) is 0.352. The SMILES string of the molecule is COC(=O)c1c(C)nc2ccn(-c3ccccn3)c(=O)c2c1-c1ccccc1. The third-order valence-electron chi connectivity index (χ3n) is 4.57. The van der Waals surface area contributed by atoms with E-state index in [1.165, 1.54) is 11.7 Å². The zero-order chi connectivity index (χ0) is 19.7. The van der Waals surface area contributed by atoms with Crippen molar-refractivity contribution < 1.29 is 9.53 Å². The van der Waals surface area contributed by atoms with Gasteiger partial charge < -0.3 is 4.74 Å². The number of rotatable bonds is 3. The number of methoxy groups -OCH3 is 1. The maximum atomic E-state index is 13.4. The Morgan fingerprint density at radius 1 is 1.04 bits per heavy atom. The molecule has 6 nitrogen and oxygen atoms in total. The van der Waals surface area contributed by atoms with Gasteiger partial charge in [0.2, 0.25) is 0 Å². The minimum absolute atomic E-state index is 0.289. The summed E-state index contributed by atoms with van der Waals surface area (Å²) in [5.41, 5.74) is 2.28. The number of carbonyl (C=O) groups excluding carboxylic acids is 1. The largest absolute Gasteiger partial charge is 0.465 e. The minimum Gasteiger partial charge on any atom is -0.465 e. The molecular formula is C22H17N3O3. The molecule has 28 heavy (non-hydrogen) atoms. The minimum atomic E-state index is -0.529. The molecule has 0 amide bonds. The molecular weight excluding hydrogens is 354 g/mol. The van der Waals surface area contributed by atoms with Crippen molar-refractivity contribution in [2.75, 3.05) is 7.11 Å². The molecule has 0 atom stereocenters. The lowest BCUT2D eigenvalue weighted by Crippen LogP contribution is -2.21. The average molecular weight is 371 g/mol. The molecule has 0 aliphatic carbocycles. The smallest absolute Gasteiger partial charge is 0.340 e. The number of esters is 1. The third kappa shape index (κ3) is 2.85. The second kappa shape index (κ2) is 7.08. The molecule has 4 rings (SSSR count). The highest BCUT2D eigenvalue weighted by Gasteiger charge is 2.23. The Hall–Kier alpha value is -3.80. The third-order valence-corrected chi connectivity index (χ3v) is 4.57.